The molecule has 0 unspecified atom stereocenters. The molecule has 1 aliphatic heterocycles. The number of primary amides is 1. The van der Waals surface area contributed by atoms with E-state index in [9.17, 15) is 29.1 Å². The number of hydrogen-bond acceptors (Lipinski definition) is 6. The Balaban J connectivity index is 3.29. The number of rotatable bonds is 5. The smallest absolute Gasteiger partial charge is 0.245 e. The van der Waals surface area contributed by atoms with Crippen LogP contribution in [-0.2, 0) is 24.0 Å². The van der Waals surface area contributed by atoms with Crippen LogP contribution in [0.5, 0.6) is 0 Å². The van der Waals surface area contributed by atoms with Crippen LogP contribution in [0.25, 0.3) is 0 Å². The van der Waals surface area contributed by atoms with Crippen LogP contribution in [0.3, 0.4) is 0 Å². The van der Waals surface area contributed by atoms with Crippen LogP contribution < -0.4 is 27.0 Å². The van der Waals surface area contributed by atoms with Crippen molar-refractivity contribution in [2.45, 2.75) is 70.8 Å². The molecule has 1 fully saturated rings. The van der Waals surface area contributed by atoms with Crippen molar-refractivity contribution in [2.75, 3.05) is 0 Å². The van der Waals surface area contributed by atoms with Crippen LogP contribution in [0.4, 0.5) is 0 Å². The summed E-state index contributed by atoms with van der Waals surface area (Å²) in [5, 5.41) is 19.6. The fraction of sp³-hybridized carbons (Fsp3) is 0.706. The third-order valence-corrected chi connectivity index (χ3v) is 4.65. The van der Waals surface area contributed by atoms with Gasteiger partial charge in [-0.05, 0) is 19.8 Å². The second-order valence-corrected chi connectivity index (χ2v) is 7.06. The maximum Gasteiger partial charge on any atom is 0.245 e. The first-order valence-corrected chi connectivity index (χ1v) is 9.15. The average Bonchev–Trinajstić information content (AvgIpc) is 2.60. The summed E-state index contributed by atoms with van der Waals surface area (Å²) in [6.45, 7) is 6.21. The Labute approximate surface area is 163 Å². The lowest BCUT2D eigenvalue weighted by molar-refractivity contribution is -0.139. The summed E-state index contributed by atoms with van der Waals surface area (Å²) in [7, 11) is 0. The quantitative estimate of drug-likeness (QED) is 0.292. The Morgan fingerprint density at radius 2 is 1.50 bits per heavy atom. The van der Waals surface area contributed by atoms with E-state index in [4.69, 9.17) is 5.73 Å². The van der Waals surface area contributed by atoms with Gasteiger partial charge < -0.3 is 32.1 Å². The number of aliphatic hydroxyl groups is 1. The minimum absolute atomic E-state index is 0.326. The molecule has 0 spiro atoms. The lowest BCUT2D eigenvalue weighted by atomic mass is 9.96. The summed E-state index contributed by atoms with van der Waals surface area (Å²) in [5.41, 5.74) is 5.16. The molecule has 0 saturated carbocycles. The van der Waals surface area contributed by atoms with Gasteiger partial charge in [0.05, 0.1) is 12.5 Å². The molecule has 0 aromatic rings. The number of amides is 5. The molecular weight excluding hydrogens is 370 g/mol. The Kier molecular flexibility index (Phi) is 8.35. The first-order valence-electron chi connectivity index (χ1n) is 9.15. The topological polar surface area (TPSA) is 180 Å². The van der Waals surface area contributed by atoms with Crippen LogP contribution in [0.15, 0.2) is 0 Å². The van der Waals surface area contributed by atoms with Crippen molar-refractivity contribution in [3.63, 3.8) is 0 Å². The molecule has 0 radical (unpaired) electrons. The van der Waals surface area contributed by atoms with E-state index in [1.165, 1.54) is 13.8 Å². The van der Waals surface area contributed by atoms with Gasteiger partial charge >= 0.3 is 0 Å². The summed E-state index contributed by atoms with van der Waals surface area (Å²) >= 11 is 0. The average molecular weight is 399 g/mol. The van der Waals surface area contributed by atoms with E-state index in [1.54, 1.807) is 6.92 Å². The minimum Gasteiger partial charge on any atom is -0.391 e. The van der Waals surface area contributed by atoms with E-state index >= 15 is 0 Å². The predicted molar refractivity (Wildman–Crippen MR) is 98.3 cm³/mol. The van der Waals surface area contributed by atoms with Gasteiger partial charge in [0.15, 0.2) is 0 Å². The molecule has 11 nitrogen and oxygen atoms in total. The van der Waals surface area contributed by atoms with Crippen LogP contribution in [0.2, 0.25) is 0 Å². The van der Waals surface area contributed by atoms with E-state index < -0.39 is 66.2 Å². The zero-order valence-corrected chi connectivity index (χ0v) is 16.4. The largest absolute Gasteiger partial charge is 0.391 e. The van der Waals surface area contributed by atoms with Gasteiger partial charge in [0.2, 0.25) is 29.5 Å². The summed E-state index contributed by atoms with van der Waals surface area (Å²) in [5.74, 6) is -4.03. The SMILES string of the molecule is CC[C@H](C)[C@@H]1NC(=O)[C@H]([C@@H](C)O)NC(=O)[C@H](C)NC(=O)[C@H](CC(N)=O)NC1=O. The van der Waals surface area contributed by atoms with Crippen molar-refractivity contribution in [3.8, 4) is 0 Å². The molecule has 28 heavy (non-hydrogen) atoms. The molecule has 11 heteroatoms. The molecule has 0 aromatic carbocycles. The number of aliphatic hydroxyl groups excluding tert-OH is 1. The second kappa shape index (κ2) is 10.0. The van der Waals surface area contributed by atoms with Crippen molar-refractivity contribution < 1.29 is 29.1 Å². The Bertz CT molecular complexity index is 638. The third-order valence-electron chi connectivity index (χ3n) is 4.65. The van der Waals surface area contributed by atoms with Gasteiger partial charge in [0, 0.05) is 0 Å². The van der Waals surface area contributed by atoms with E-state index in [2.05, 4.69) is 21.3 Å². The van der Waals surface area contributed by atoms with Gasteiger partial charge in [0.25, 0.3) is 0 Å². The maximum atomic E-state index is 12.7. The summed E-state index contributed by atoms with van der Waals surface area (Å²) in [4.78, 5) is 61.4. The molecule has 0 aromatic heterocycles. The van der Waals surface area contributed by atoms with E-state index in [0.717, 1.165) is 0 Å². The van der Waals surface area contributed by atoms with E-state index in [-0.39, 0.29) is 5.92 Å². The van der Waals surface area contributed by atoms with Crippen LogP contribution in [-0.4, -0.2) is 64.9 Å². The van der Waals surface area contributed by atoms with E-state index in [1.807, 2.05) is 6.92 Å². The van der Waals surface area contributed by atoms with Crippen LogP contribution >= 0.6 is 0 Å². The van der Waals surface area contributed by atoms with E-state index in [0.29, 0.717) is 6.42 Å². The second-order valence-electron chi connectivity index (χ2n) is 7.06. The molecule has 0 aliphatic carbocycles. The van der Waals surface area contributed by atoms with Crippen molar-refractivity contribution in [2.24, 2.45) is 11.7 Å². The highest BCUT2D eigenvalue weighted by molar-refractivity contribution is 5.98. The molecule has 158 valence electrons. The molecule has 7 N–H and O–H groups in total. The molecule has 1 heterocycles. The Morgan fingerprint density at radius 1 is 0.964 bits per heavy atom. The highest BCUT2D eigenvalue weighted by Crippen LogP contribution is 2.10. The predicted octanol–water partition coefficient (Wildman–Crippen LogP) is -2.74. The summed E-state index contributed by atoms with van der Waals surface area (Å²) < 4.78 is 0. The molecule has 1 aliphatic rings. The first kappa shape index (κ1) is 23.3. The van der Waals surface area contributed by atoms with Gasteiger partial charge in [-0.15, -0.1) is 0 Å². The zero-order valence-electron chi connectivity index (χ0n) is 16.4. The lowest BCUT2D eigenvalue weighted by Gasteiger charge is -2.30. The highest BCUT2D eigenvalue weighted by atomic mass is 16.3. The van der Waals surface area contributed by atoms with Crippen molar-refractivity contribution in [1.82, 2.24) is 21.3 Å². The van der Waals surface area contributed by atoms with Gasteiger partial charge in [-0.25, -0.2) is 0 Å². The normalized spacial score (nSPS) is 29.2. The van der Waals surface area contributed by atoms with Crippen molar-refractivity contribution in [1.29, 1.82) is 0 Å². The fourth-order valence-electron chi connectivity index (χ4n) is 2.68. The summed E-state index contributed by atoms with van der Waals surface area (Å²) in [6.07, 6.45) is -1.19. The lowest BCUT2D eigenvalue weighted by Crippen LogP contribution is -2.64. The van der Waals surface area contributed by atoms with Crippen molar-refractivity contribution >= 4 is 29.5 Å². The number of carbonyl (C=O) groups excluding carboxylic acids is 5. The zero-order chi connectivity index (χ0) is 21.6. The number of nitrogens with two attached hydrogens (primary N) is 1. The van der Waals surface area contributed by atoms with Gasteiger partial charge in [-0.3, -0.25) is 24.0 Å². The first-order chi connectivity index (χ1) is 13.0. The fourth-order valence-corrected chi connectivity index (χ4v) is 2.68. The third kappa shape index (κ3) is 6.19. The number of nitrogens with one attached hydrogen (secondary N) is 4. The van der Waals surface area contributed by atoms with Gasteiger partial charge in [-0.1, -0.05) is 20.3 Å². The molecular formula is C17H29N5O6. The maximum absolute atomic E-state index is 12.7. The number of carbonyl (C=O) groups is 5. The Hall–Kier alpha value is -2.69. The van der Waals surface area contributed by atoms with Crippen molar-refractivity contribution in [3.05, 3.63) is 0 Å². The standard InChI is InChI=1S/C17H29N5O6/c1-5-7(2)12-16(27)20-10(6-11(18)24)15(26)19-8(3)14(25)22-13(9(4)23)17(28)21-12/h7-10,12-13,23H,5-6H2,1-4H3,(H2,18,24)(H,19,26)(H,20,27)(H,21,28)(H,22,25)/t7-,8-,9+,10-,12-,13-/m0/s1. The van der Waals surface area contributed by atoms with Gasteiger partial charge in [0.1, 0.15) is 24.2 Å². The molecule has 1 rings (SSSR count). The van der Waals surface area contributed by atoms with Crippen LogP contribution in [0.1, 0.15) is 40.5 Å². The number of hydrogen-bond donors (Lipinski definition) is 6. The van der Waals surface area contributed by atoms with Crippen LogP contribution in [0, 0.1) is 5.92 Å². The Morgan fingerprint density at radius 3 is 2.00 bits per heavy atom. The molecule has 1 saturated heterocycles. The molecule has 5 amide bonds. The highest BCUT2D eigenvalue weighted by Gasteiger charge is 2.36. The summed E-state index contributed by atoms with van der Waals surface area (Å²) in [6, 6.07) is -4.74. The monoisotopic (exact) mass is 399 g/mol. The van der Waals surface area contributed by atoms with Gasteiger partial charge in [-0.2, -0.15) is 0 Å². The molecule has 6 atom stereocenters. The molecule has 0 bridgehead atoms. The minimum atomic E-state index is -1.31.